The Labute approximate surface area is 214 Å². The molecule has 2 aromatic heterocycles. The zero-order chi connectivity index (χ0) is 26.3. The summed E-state index contributed by atoms with van der Waals surface area (Å²) in [6.45, 7) is 7.51. The second-order valence-electron chi connectivity index (χ2n) is 9.75. The standard InChI is InChI=1S/C28H30N6O3/c1-18-8-10-21(11-9-18)25-29-15-23-26(30-25)31(4)28(37)34(27(23)36)17-24(35)32-12-13-33(20(3)16-32)22-7-5-6-19(2)14-22/h5-11,14-15,20H,12-13,16-17H2,1-4H3/t20-/m0/s1. The lowest BCUT2D eigenvalue weighted by atomic mass is 10.1. The van der Waals surface area contributed by atoms with Crippen molar-refractivity contribution in [3.8, 4) is 11.4 Å². The van der Waals surface area contributed by atoms with Crippen LogP contribution in [0.15, 0.2) is 64.3 Å². The van der Waals surface area contributed by atoms with Crippen molar-refractivity contribution < 1.29 is 4.79 Å². The van der Waals surface area contributed by atoms with Crippen molar-refractivity contribution in [2.45, 2.75) is 33.4 Å². The number of carbonyl (C=O) groups is 1. The smallest absolute Gasteiger partial charge is 0.332 e. The number of fused-ring (bicyclic) bond motifs is 1. The van der Waals surface area contributed by atoms with Crippen LogP contribution in [0.4, 0.5) is 5.69 Å². The highest BCUT2D eigenvalue weighted by molar-refractivity contribution is 5.78. The van der Waals surface area contributed by atoms with Crippen LogP contribution >= 0.6 is 0 Å². The van der Waals surface area contributed by atoms with Crippen LogP contribution in [0.1, 0.15) is 18.1 Å². The summed E-state index contributed by atoms with van der Waals surface area (Å²) in [5.74, 6) is 0.169. The highest BCUT2D eigenvalue weighted by Crippen LogP contribution is 2.22. The van der Waals surface area contributed by atoms with Gasteiger partial charge in [0.15, 0.2) is 11.5 Å². The summed E-state index contributed by atoms with van der Waals surface area (Å²) in [6, 6.07) is 16.1. The summed E-state index contributed by atoms with van der Waals surface area (Å²) >= 11 is 0. The van der Waals surface area contributed by atoms with Crippen LogP contribution in [-0.4, -0.2) is 55.6 Å². The van der Waals surface area contributed by atoms with Crippen molar-refractivity contribution in [3.05, 3.63) is 86.7 Å². The zero-order valence-corrected chi connectivity index (χ0v) is 21.5. The van der Waals surface area contributed by atoms with Gasteiger partial charge in [-0.1, -0.05) is 42.0 Å². The molecule has 1 fully saturated rings. The molecule has 0 unspecified atom stereocenters. The van der Waals surface area contributed by atoms with Crippen molar-refractivity contribution in [1.82, 2.24) is 24.0 Å². The number of hydrogen-bond acceptors (Lipinski definition) is 6. The van der Waals surface area contributed by atoms with E-state index in [1.165, 1.54) is 16.3 Å². The maximum absolute atomic E-state index is 13.2. The third-order valence-electron chi connectivity index (χ3n) is 7.00. The molecule has 37 heavy (non-hydrogen) atoms. The van der Waals surface area contributed by atoms with Gasteiger partial charge in [-0.2, -0.15) is 0 Å². The van der Waals surface area contributed by atoms with Crippen LogP contribution in [0.5, 0.6) is 0 Å². The molecule has 1 amide bonds. The first-order valence-electron chi connectivity index (χ1n) is 12.4. The Kier molecular flexibility index (Phi) is 6.37. The van der Waals surface area contributed by atoms with E-state index in [2.05, 4.69) is 46.9 Å². The van der Waals surface area contributed by atoms with E-state index >= 15 is 0 Å². The number of hydrogen-bond donors (Lipinski definition) is 0. The molecule has 5 rings (SSSR count). The molecule has 3 heterocycles. The number of nitrogens with zero attached hydrogens (tertiary/aromatic N) is 6. The average molecular weight is 499 g/mol. The lowest BCUT2D eigenvalue weighted by molar-refractivity contribution is -0.132. The molecule has 4 aromatic rings. The number of amides is 1. The molecule has 9 heteroatoms. The Morgan fingerprint density at radius 3 is 2.49 bits per heavy atom. The number of anilines is 1. The fourth-order valence-corrected chi connectivity index (χ4v) is 4.87. The van der Waals surface area contributed by atoms with E-state index < -0.39 is 11.2 Å². The molecule has 190 valence electrons. The third kappa shape index (κ3) is 4.64. The summed E-state index contributed by atoms with van der Waals surface area (Å²) in [4.78, 5) is 52.4. The molecule has 0 bridgehead atoms. The highest BCUT2D eigenvalue weighted by atomic mass is 16.2. The van der Waals surface area contributed by atoms with Crippen molar-refractivity contribution in [3.63, 3.8) is 0 Å². The van der Waals surface area contributed by atoms with Gasteiger partial charge < -0.3 is 9.80 Å². The minimum atomic E-state index is -0.578. The number of piperazine rings is 1. The fraction of sp³-hybridized carbons (Fsp3) is 0.321. The van der Waals surface area contributed by atoms with Crippen molar-refractivity contribution in [2.24, 2.45) is 7.05 Å². The molecule has 0 radical (unpaired) electrons. The van der Waals surface area contributed by atoms with Gasteiger partial charge in [-0.15, -0.1) is 0 Å². The molecule has 1 aliphatic rings. The second-order valence-corrected chi connectivity index (χ2v) is 9.75. The van der Waals surface area contributed by atoms with E-state index in [4.69, 9.17) is 0 Å². The second kappa shape index (κ2) is 9.65. The monoisotopic (exact) mass is 498 g/mol. The van der Waals surface area contributed by atoms with Crippen LogP contribution in [0, 0.1) is 13.8 Å². The third-order valence-corrected chi connectivity index (χ3v) is 7.00. The summed E-state index contributed by atoms with van der Waals surface area (Å²) in [5.41, 5.74) is 3.31. The summed E-state index contributed by atoms with van der Waals surface area (Å²) < 4.78 is 2.29. The van der Waals surface area contributed by atoms with Gasteiger partial charge in [0.2, 0.25) is 5.91 Å². The number of benzene rings is 2. The van der Waals surface area contributed by atoms with Crippen molar-refractivity contribution in [1.29, 1.82) is 0 Å². The molecule has 0 N–H and O–H groups in total. The summed E-state index contributed by atoms with van der Waals surface area (Å²) in [5, 5.41) is 0.198. The molecule has 2 aromatic carbocycles. The first-order chi connectivity index (χ1) is 17.7. The highest BCUT2D eigenvalue weighted by Gasteiger charge is 2.28. The van der Waals surface area contributed by atoms with Crippen LogP contribution in [0.2, 0.25) is 0 Å². The van der Waals surface area contributed by atoms with Gasteiger partial charge in [0.25, 0.3) is 5.56 Å². The Balaban J connectivity index is 1.39. The predicted octanol–water partition coefficient (Wildman–Crippen LogP) is 2.51. The first kappa shape index (κ1) is 24.4. The fourth-order valence-electron chi connectivity index (χ4n) is 4.87. The normalized spacial score (nSPS) is 15.8. The van der Waals surface area contributed by atoms with Gasteiger partial charge in [0.05, 0.1) is 0 Å². The van der Waals surface area contributed by atoms with Crippen molar-refractivity contribution >= 4 is 22.6 Å². The van der Waals surface area contributed by atoms with E-state index in [0.717, 1.165) is 21.4 Å². The summed E-state index contributed by atoms with van der Waals surface area (Å²) in [7, 11) is 1.56. The Hall–Kier alpha value is -4.27. The minimum absolute atomic E-state index is 0.101. The van der Waals surface area contributed by atoms with E-state index in [1.54, 1.807) is 11.9 Å². The quantitative estimate of drug-likeness (QED) is 0.429. The minimum Gasteiger partial charge on any atom is -0.365 e. The molecule has 0 saturated carbocycles. The first-order valence-corrected chi connectivity index (χ1v) is 12.4. The lowest BCUT2D eigenvalue weighted by Crippen LogP contribution is -2.55. The SMILES string of the molecule is Cc1ccc(-c2ncc3c(=O)n(CC(=O)N4CCN(c5cccc(C)c5)[C@@H](C)C4)c(=O)n(C)c3n2)cc1. The van der Waals surface area contributed by atoms with E-state index in [1.807, 2.05) is 37.3 Å². The Bertz CT molecular complexity index is 1610. The van der Waals surface area contributed by atoms with E-state index in [9.17, 15) is 14.4 Å². The topological polar surface area (TPSA) is 93.3 Å². The number of rotatable bonds is 4. The van der Waals surface area contributed by atoms with Crippen LogP contribution in [-0.2, 0) is 18.4 Å². The molecular formula is C28H30N6O3. The molecule has 0 aliphatic carbocycles. The van der Waals surface area contributed by atoms with Crippen molar-refractivity contribution in [2.75, 3.05) is 24.5 Å². The Morgan fingerprint density at radius 2 is 1.78 bits per heavy atom. The Morgan fingerprint density at radius 1 is 1.03 bits per heavy atom. The maximum atomic E-state index is 13.2. The molecule has 1 atom stereocenters. The average Bonchev–Trinajstić information content (AvgIpc) is 2.89. The summed E-state index contributed by atoms with van der Waals surface area (Å²) in [6.07, 6.45) is 1.43. The number of carbonyl (C=O) groups excluding carboxylic acids is 1. The van der Waals surface area contributed by atoms with Gasteiger partial charge in [-0.05, 0) is 38.5 Å². The van der Waals surface area contributed by atoms with Gasteiger partial charge in [-0.25, -0.2) is 14.8 Å². The number of aromatic nitrogens is 4. The lowest BCUT2D eigenvalue weighted by Gasteiger charge is -2.41. The molecule has 9 nitrogen and oxygen atoms in total. The van der Waals surface area contributed by atoms with Gasteiger partial charge in [0.1, 0.15) is 11.9 Å². The maximum Gasteiger partial charge on any atom is 0.332 e. The largest absolute Gasteiger partial charge is 0.365 e. The molecular weight excluding hydrogens is 468 g/mol. The van der Waals surface area contributed by atoms with Crippen LogP contribution in [0.25, 0.3) is 22.4 Å². The molecule has 0 spiro atoms. The van der Waals surface area contributed by atoms with Gasteiger partial charge in [0, 0.05) is 50.2 Å². The van der Waals surface area contributed by atoms with E-state index in [-0.39, 0.29) is 29.5 Å². The van der Waals surface area contributed by atoms with Crippen LogP contribution in [0.3, 0.4) is 0 Å². The zero-order valence-electron chi connectivity index (χ0n) is 21.5. The van der Waals surface area contributed by atoms with Gasteiger partial charge in [-0.3, -0.25) is 18.7 Å². The molecule has 1 saturated heterocycles. The van der Waals surface area contributed by atoms with E-state index in [0.29, 0.717) is 25.5 Å². The predicted molar refractivity (Wildman–Crippen MR) is 144 cm³/mol. The van der Waals surface area contributed by atoms with Crippen LogP contribution < -0.4 is 16.1 Å². The van der Waals surface area contributed by atoms with Gasteiger partial charge >= 0.3 is 5.69 Å². The molecule has 1 aliphatic heterocycles. The number of aryl methyl sites for hydroxylation is 3.